The number of anilines is 1. The fraction of sp³-hybridized carbons (Fsp3) is 0. The molecule has 0 aliphatic heterocycles. The summed E-state index contributed by atoms with van der Waals surface area (Å²) in [6, 6.07) is 4.33. The Morgan fingerprint density at radius 2 is 1.58 bits per heavy atom. The average Bonchev–Trinajstić information content (AvgIpc) is 2.73. The summed E-state index contributed by atoms with van der Waals surface area (Å²) in [4.78, 5) is 11.8. The van der Waals surface area contributed by atoms with Crippen LogP contribution in [0.5, 0.6) is 5.75 Å². The van der Waals surface area contributed by atoms with Crippen LogP contribution in [0.15, 0.2) is 121 Å². The van der Waals surface area contributed by atoms with Gasteiger partial charge in [0.2, 0.25) is 0 Å². The molecule has 0 radical (unpaired) electrons. The maximum atomic E-state index is 12.5. The summed E-state index contributed by atoms with van der Waals surface area (Å²) < 4.78 is 56.6. The van der Waals surface area contributed by atoms with Crippen LogP contribution in [0.3, 0.4) is 0 Å². The van der Waals surface area contributed by atoms with Gasteiger partial charge in [-0.15, -0.1) is 0 Å². The van der Waals surface area contributed by atoms with Gasteiger partial charge in [0.25, 0.3) is 10.0 Å². The molecule has 0 heterocycles. The zero-order valence-corrected chi connectivity index (χ0v) is 19.3. The quantitative estimate of drug-likeness (QED) is 0.331. The van der Waals surface area contributed by atoms with Gasteiger partial charge in [-0.2, -0.15) is 8.42 Å². The summed E-state index contributed by atoms with van der Waals surface area (Å²) in [5.74, 6) is -0.112. The zero-order chi connectivity index (χ0) is 24.9. The van der Waals surface area contributed by atoms with Crippen LogP contribution in [0.1, 0.15) is 0 Å². The molecule has 0 aromatic heterocycles. The Hall–Kier alpha value is -3.89. The smallest absolute Gasteiger partial charge is 0.339 e. The van der Waals surface area contributed by atoms with Crippen molar-refractivity contribution in [1.29, 1.82) is 0 Å². The van der Waals surface area contributed by atoms with Crippen molar-refractivity contribution in [1.82, 2.24) is 4.72 Å². The first-order valence-corrected chi connectivity index (χ1v) is 12.1. The van der Waals surface area contributed by atoms with E-state index in [0.717, 1.165) is 6.08 Å². The summed E-state index contributed by atoms with van der Waals surface area (Å²) in [6.45, 7) is 13.8. The fourth-order valence-electron chi connectivity index (χ4n) is 2.14. The van der Waals surface area contributed by atoms with Crippen LogP contribution in [0.4, 0.5) is 10.5 Å². The molecule has 33 heavy (non-hydrogen) atoms. The number of carbonyl (C=O) groups is 1. The van der Waals surface area contributed by atoms with Crippen molar-refractivity contribution in [3.05, 3.63) is 121 Å². The number of hydrogen-bond acceptors (Lipinski definition) is 6. The van der Waals surface area contributed by atoms with Crippen molar-refractivity contribution in [2.75, 3.05) is 5.32 Å². The normalized spacial score (nSPS) is 12.8. The van der Waals surface area contributed by atoms with Crippen molar-refractivity contribution in [3.63, 3.8) is 0 Å². The maximum Gasteiger partial charge on any atom is 0.339 e. The molecule has 1 aromatic carbocycles. The molecule has 1 rings (SSSR count). The molecule has 8 nitrogen and oxygen atoms in total. The van der Waals surface area contributed by atoms with Gasteiger partial charge < -0.3 is 9.50 Å². The number of amides is 2. The highest BCUT2D eigenvalue weighted by atomic mass is 32.2. The molecule has 2 amide bonds. The van der Waals surface area contributed by atoms with E-state index in [-0.39, 0.29) is 21.2 Å². The van der Waals surface area contributed by atoms with Crippen molar-refractivity contribution in [3.8, 4) is 5.75 Å². The molecule has 0 unspecified atom stereocenters. The van der Waals surface area contributed by atoms with E-state index in [0.29, 0.717) is 0 Å². The highest BCUT2D eigenvalue weighted by Crippen LogP contribution is 2.22. The van der Waals surface area contributed by atoms with E-state index in [2.05, 4.69) is 31.6 Å². The van der Waals surface area contributed by atoms with Gasteiger partial charge in [-0.1, -0.05) is 68.8 Å². The lowest BCUT2D eigenvalue weighted by Crippen LogP contribution is -2.34. The SMILES string of the molecule is C=C/C=C\C=C(/C=C)S(=O)(=O)NC(=O)Nc1cccc(OS(=O)(=O)C(/C=C\C=C)=C/C=C)c1. The number of carbonyl (C=O) groups excluding carboxylic acids is 1. The van der Waals surface area contributed by atoms with Gasteiger partial charge in [-0.3, -0.25) is 0 Å². The molecule has 0 fully saturated rings. The second-order valence-electron chi connectivity index (χ2n) is 5.92. The van der Waals surface area contributed by atoms with E-state index in [9.17, 15) is 21.6 Å². The molecule has 0 bridgehead atoms. The molecular weight excluding hydrogens is 464 g/mol. The third kappa shape index (κ3) is 9.01. The minimum atomic E-state index is -4.21. The molecule has 0 atom stereocenters. The molecular formula is C23H24N2O6S2. The molecule has 2 N–H and O–H groups in total. The second-order valence-corrected chi connectivity index (χ2v) is 9.15. The molecule has 0 aliphatic rings. The lowest BCUT2D eigenvalue weighted by atomic mass is 10.3. The topological polar surface area (TPSA) is 119 Å². The standard InChI is InChI=1S/C23H24N2O6S2/c1-5-9-11-17-21(8-4)32(27,28)25-23(26)24-19-14-12-15-20(18-19)31-33(29,30)22(13-7-3)16-10-6-2/h5-18H,1-4H2,(H2,24,25,26)/b11-9-,16-10-,21-17+,22-13+. The van der Waals surface area contributed by atoms with Gasteiger partial charge in [0.15, 0.2) is 0 Å². The highest BCUT2D eigenvalue weighted by molar-refractivity contribution is 7.94. The van der Waals surface area contributed by atoms with Crippen LogP contribution < -0.4 is 14.2 Å². The summed E-state index contributed by atoms with van der Waals surface area (Å²) in [6.07, 6.45) is 13.3. The number of hydrogen-bond donors (Lipinski definition) is 2. The van der Waals surface area contributed by atoms with Crippen LogP contribution in [-0.2, 0) is 20.1 Å². The first kappa shape index (κ1) is 27.1. The van der Waals surface area contributed by atoms with Gasteiger partial charge in [0, 0.05) is 11.8 Å². The zero-order valence-electron chi connectivity index (χ0n) is 17.7. The molecule has 0 spiro atoms. The van der Waals surface area contributed by atoms with Crippen LogP contribution in [-0.4, -0.2) is 22.9 Å². The summed E-state index contributed by atoms with van der Waals surface area (Å²) >= 11 is 0. The number of nitrogens with one attached hydrogen (secondary N) is 2. The van der Waals surface area contributed by atoms with E-state index in [4.69, 9.17) is 4.18 Å². The van der Waals surface area contributed by atoms with Crippen molar-refractivity contribution < 1.29 is 25.8 Å². The Morgan fingerprint density at radius 1 is 0.879 bits per heavy atom. The highest BCUT2D eigenvalue weighted by Gasteiger charge is 2.19. The van der Waals surface area contributed by atoms with Gasteiger partial charge in [-0.05, 0) is 36.4 Å². The Kier molecular flexibility index (Phi) is 10.6. The van der Waals surface area contributed by atoms with E-state index in [1.165, 1.54) is 78.9 Å². The van der Waals surface area contributed by atoms with E-state index >= 15 is 0 Å². The van der Waals surface area contributed by atoms with Gasteiger partial charge in [0.05, 0.1) is 4.91 Å². The van der Waals surface area contributed by atoms with Gasteiger partial charge in [-0.25, -0.2) is 17.9 Å². The van der Waals surface area contributed by atoms with Gasteiger partial charge >= 0.3 is 16.1 Å². The van der Waals surface area contributed by atoms with E-state index in [1.807, 2.05) is 4.72 Å². The van der Waals surface area contributed by atoms with E-state index < -0.39 is 26.2 Å². The largest absolute Gasteiger partial charge is 0.379 e. The summed E-state index contributed by atoms with van der Waals surface area (Å²) in [5, 5.41) is 2.30. The number of benzene rings is 1. The summed E-state index contributed by atoms with van der Waals surface area (Å²) in [7, 11) is -8.41. The minimum absolute atomic E-state index is 0.0852. The van der Waals surface area contributed by atoms with Crippen LogP contribution in [0.25, 0.3) is 0 Å². The van der Waals surface area contributed by atoms with Crippen LogP contribution >= 0.6 is 0 Å². The van der Waals surface area contributed by atoms with Crippen LogP contribution in [0, 0.1) is 0 Å². The minimum Gasteiger partial charge on any atom is -0.379 e. The summed E-state index contributed by atoms with van der Waals surface area (Å²) in [5.41, 5.74) is 0.0852. The van der Waals surface area contributed by atoms with E-state index in [1.54, 1.807) is 0 Å². The first-order valence-electron chi connectivity index (χ1n) is 9.21. The second kappa shape index (κ2) is 12.8. The molecule has 0 saturated heterocycles. The number of allylic oxidation sites excluding steroid dienone is 10. The number of urea groups is 1. The van der Waals surface area contributed by atoms with Crippen molar-refractivity contribution in [2.45, 2.75) is 0 Å². The fourth-order valence-corrected chi connectivity index (χ4v) is 3.99. The Labute approximate surface area is 194 Å². The third-order valence-electron chi connectivity index (χ3n) is 3.51. The lowest BCUT2D eigenvalue weighted by molar-refractivity contribution is 0.256. The van der Waals surface area contributed by atoms with Crippen molar-refractivity contribution in [2.24, 2.45) is 0 Å². The first-order chi connectivity index (χ1) is 15.6. The Bertz CT molecular complexity index is 1250. The number of rotatable bonds is 12. The third-order valence-corrected chi connectivity index (χ3v) is 6.15. The molecule has 174 valence electrons. The van der Waals surface area contributed by atoms with Crippen molar-refractivity contribution >= 4 is 31.9 Å². The predicted molar refractivity (Wildman–Crippen MR) is 132 cm³/mol. The Balaban J connectivity index is 3.04. The molecule has 1 aromatic rings. The van der Waals surface area contributed by atoms with Crippen LogP contribution in [0.2, 0.25) is 0 Å². The monoisotopic (exact) mass is 488 g/mol. The average molecular weight is 489 g/mol. The van der Waals surface area contributed by atoms with Gasteiger partial charge in [0.1, 0.15) is 10.7 Å². The molecule has 0 saturated carbocycles. The Morgan fingerprint density at radius 3 is 2.18 bits per heavy atom. The molecule has 10 heteroatoms. The molecule has 0 aliphatic carbocycles. The number of sulfonamides is 1. The predicted octanol–water partition coefficient (Wildman–Crippen LogP) is 4.47. The lowest BCUT2D eigenvalue weighted by Gasteiger charge is -2.11. The maximum absolute atomic E-state index is 12.5.